The van der Waals surface area contributed by atoms with Crippen molar-refractivity contribution in [2.24, 2.45) is 0 Å². The first-order valence-corrected chi connectivity index (χ1v) is 9.72. The highest BCUT2D eigenvalue weighted by Gasteiger charge is 2.17. The average molecular weight is 374 g/mol. The number of carbonyl (C=O) groups excluding carboxylic acids is 2. The summed E-state index contributed by atoms with van der Waals surface area (Å²) in [5.74, 6) is -0.560. The molecule has 1 aliphatic carbocycles. The second kappa shape index (κ2) is 8.75. The Hall–Kier alpha value is -2.48. The van der Waals surface area contributed by atoms with Gasteiger partial charge in [-0.2, -0.15) is 0 Å². The summed E-state index contributed by atoms with van der Waals surface area (Å²) in [6, 6.07) is 3.29. The normalized spacial score (nSPS) is 15.2. The Bertz CT molecular complexity index is 822. The molecular weight excluding hydrogens is 352 g/mol. The highest BCUT2D eigenvalue weighted by atomic mass is 32.1. The summed E-state index contributed by atoms with van der Waals surface area (Å²) in [7, 11) is 0. The summed E-state index contributed by atoms with van der Waals surface area (Å²) in [4.78, 5) is 42.7. The van der Waals surface area contributed by atoms with Crippen molar-refractivity contribution in [1.82, 2.24) is 15.3 Å². The molecule has 26 heavy (non-hydrogen) atoms. The van der Waals surface area contributed by atoms with Crippen LogP contribution >= 0.6 is 11.3 Å². The van der Waals surface area contributed by atoms with Gasteiger partial charge in [-0.3, -0.25) is 19.7 Å². The monoisotopic (exact) mass is 374 g/mol. The number of aromatic amines is 1. The third kappa shape index (κ3) is 5.01. The number of H-pyrrole nitrogens is 1. The van der Waals surface area contributed by atoms with Crippen LogP contribution in [0.1, 0.15) is 54.6 Å². The van der Waals surface area contributed by atoms with E-state index in [2.05, 4.69) is 20.6 Å². The van der Waals surface area contributed by atoms with Gasteiger partial charge in [0.15, 0.2) is 5.13 Å². The van der Waals surface area contributed by atoms with E-state index in [0.717, 1.165) is 25.7 Å². The molecule has 2 heterocycles. The van der Waals surface area contributed by atoms with E-state index < -0.39 is 11.5 Å². The Morgan fingerprint density at radius 3 is 2.73 bits per heavy atom. The molecule has 0 bridgehead atoms. The van der Waals surface area contributed by atoms with Gasteiger partial charge in [0, 0.05) is 17.6 Å². The standard InChI is InChI=1S/C18H22N4O3S/c23-15(20-12-6-3-1-2-4-7-12)10-13-11-26-18(21-13)22-17(25)14-8-5-9-19-16(14)24/h5,8-9,11-12H,1-4,6-7,10H2,(H,19,24)(H,20,23)(H,21,22,25). The van der Waals surface area contributed by atoms with Crippen LogP contribution in [0.15, 0.2) is 28.5 Å². The molecule has 0 unspecified atom stereocenters. The molecule has 3 rings (SSSR count). The van der Waals surface area contributed by atoms with Crippen LogP contribution < -0.4 is 16.2 Å². The molecule has 0 aromatic carbocycles. The lowest BCUT2D eigenvalue weighted by Crippen LogP contribution is -2.35. The highest BCUT2D eigenvalue weighted by Crippen LogP contribution is 2.19. The van der Waals surface area contributed by atoms with Crippen molar-refractivity contribution in [1.29, 1.82) is 0 Å². The number of rotatable bonds is 5. The molecule has 2 aromatic rings. The van der Waals surface area contributed by atoms with Crippen molar-refractivity contribution in [2.45, 2.75) is 51.0 Å². The maximum absolute atomic E-state index is 12.2. The Morgan fingerprint density at radius 1 is 1.23 bits per heavy atom. The molecule has 1 aliphatic rings. The summed E-state index contributed by atoms with van der Waals surface area (Å²) in [5.41, 5.74) is 0.179. The second-order valence-electron chi connectivity index (χ2n) is 6.44. The fourth-order valence-electron chi connectivity index (χ4n) is 3.08. The predicted molar refractivity (Wildman–Crippen MR) is 100 cm³/mol. The number of pyridine rings is 1. The van der Waals surface area contributed by atoms with Crippen LogP contribution in [0.3, 0.4) is 0 Å². The quantitative estimate of drug-likeness (QED) is 0.699. The van der Waals surface area contributed by atoms with E-state index in [0.29, 0.717) is 10.8 Å². The number of aromatic nitrogens is 2. The second-order valence-corrected chi connectivity index (χ2v) is 7.30. The summed E-state index contributed by atoms with van der Waals surface area (Å²) in [6.07, 6.45) is 8.54. The van der Waals surface area contributed by atoms with E-state index in [1.807, 2.05) is 0 Å². The minimum absolute atomic E-state index is 0.0235. The van der Waals surface area contributed by atoms with E-state index in [-0.39, 0.29) is 23.9 Å². The van der Waals surface area contributed by atoms with Crippen molar-refractivity contribution in [3.63, 3.8) is 0 Å². The smallest absolute Gasteiger partial charge is 0.263 e. The van der Waals surface area contributed by atoms with Crippen molar-refractivity contribution in [2.75, 3.05) is 5.32 Å². The summed E-state index contributed by atoms with van der Waals surface area (Å²) >= 11 is 1.23. The van der Waals surface area contributed by atoms with Gasteiger partial charge in [0.25, 0.3) is 11.5 Å². The number of hydrogen-bond donors (Lipinski definition) is 3. The Kier molecular flexibility index (Phi) is 6.17. The van der Waals surface area contributed by atoms with E-state index in [9.17, 15) is 14.4 Å². The lowest BCUT2D eigenvalue weighted by molar-refractivity contribution is -0.121. The number of hydrogen-bond acceptors (Lipinski definition) is 5. The average Bonchev–Trinajstić information content (AvgIpc) is 2.88. The number of amides is 2. The Labute approximate surface area is 155 Å². The first-order valence-electron chi connectivity index (χ1n) is 8.84. The molecule has 0 atom stereocenters. The van der Waals surface area contributed by atoms with E-state index in [1.165, 1.54) is 36.4 Å². The number of thiazole rings is 1. The van der Waals surface area contributed by atoms with Gasteiger partial charge >= 0.3 is 0 Å². The van der Waals surface area contributed by atoms with E-state index in [1.54, 1.807) is 11.4 Å². The molecule has 1 saturated carbocycles. The van der Waals surface area contributed by atoms with Crippen LogP contribution in [0.2, 0.25) is 0 Å². The minimum Gasteiger partial charge on any atom is -0.353 e. The van der Waals surface area contributed by atoms with Gasteiger partial charge in [-0.05, 0) is 25.0 Å². The molecule has 2 aromatic heterocycles. The number of nitrogens with one attached hydrogen (secondary N) is 3. The van der Waals surface area contributed by atoms with Crippen molar-refractivity contribution >= 4 is 28.3 Å². The van der Waals surface area contributed by atoms with E-state index in [4.69, 9.17) is 0 Å². The molecule has 0 radical (unpaired) electrons. The predicted octanol–water partition coefficient (Wildman–Crippen LogP) is 2.47. The largest absolute Gasteiger partial charge is 0.353 e. The van der Waals surface area contributed by atoms with Crippen LogP contribution in [0.4, 0.5) is 5.13 Å². The van der Waals surface area contributed by atoms with Gasteiger partial charge in [-0.1, -0.05) is 25.7 Å². The van der Waals surface area contributed by atoms with Gasteiger partial charge < -0.3 is 10.3 Å². The third-order valence-corrected chi connectivity index (χ3v) is 5.20. The zero-order chi connectivity index (χ0) is 18.4. The SMILES string of the molecule is O=C(Cc1csc(NC(=O)c2ccc[nH]c2=O)n1)NC1CCCCCC1. The first-order chi connectivity index (χ1) is 12.6. The lowest BCUT2D eigenvalue weighted by atomic mass is 10.1. The van der Waals surface area contributed by atoms with Gasteiger partial charge in [0.2, 0.25) is 5.91 Å². The molecule has 0 saturated heterocycles. The van der Waals surface area contributed by atoms with Gasteiger partial charge in [0.1, 0.15) is 5.56 Å². The van der Waals surface area contributed by atoms with Crippen molar-refractivity contribution in [3.05, 3.63) is 45.3 Å². The molecule has 2 amide bonds. The number of carbonyl (C=O) groups is 2. The molecule has 0 aliphatic heterocycles. The van der Waals surface area contributed by atoms with E-state index >= 15 is 0 Å². The molecule has 3 N–H and O–H groups in total. The van der Waals surface area contributed by atoms with Gasteiger partial charge in [-0.15, -0.1) is 11.3 Å². The fourth-order valence-corrected chi connectivity index (χ4v) is 3.78. The molecule has 8 heteroatoms. The number of nitrogens with zero attached hydrogens (tertiary/aromatic N) is 1. The van der Waals surface area contributed by atoms with Crippen LogP contribution in [-0.4, -0.2) is 27.8 Å². The highest BCUT2D eigenvalue weighted by molar-refractivity contribution is 7.14. The van der Waals surface area contributed by atoms with Gasteiger partial charge in [-0.25, -0.2) is 4.98 Å². The molecule has 1 fully saturated rings. The van der Waals surface area contributed by atoms with Crippen LogP contribution in [-0.2, 0) is 11.2 Å². The summed E-state index contributed by atoms with van der Waals surface area (Å²) in [5, 5.41) is 7.80. The van der Waals surface area contributed by atoms with Crippen molar-refractivity contribution < 1.29 is 9.59 Å². The van der Waals surface area contributed by atoms with Crippen molar-refractivity contribution in [3.8, 4) is 0 Å². The molecule has 138 valence electrons. The summed E-state index contributed by atoms with van der Waals surface area (Å²) < 4.78 is 0. The minimum atomic E-state index is -0.518. The Balaban J connectivity index is 1.54. The zero-order valence-electron chi connectivity index (χ0n) is 14.4. The number of anilines is 1. The van der Waals surface area contributed by atoms with Gasteiger partial charge in [0.05, 0.1) is 12.1 Å². The topological polar surface area (TPSA) is 104 Å². The molecule has 7 nitrogen and oxygen atoms in total. The fraction of sp³-hybridized carbons (Fsp3) is 0.444. The molecular formula is C18H22N4O3S. The maximum Gasteiger partial charge on any atom is 0.263 e. The molecule has 0 spiro atoms. The maximum atomic E-state index is 12.2. The summed E-state index contributed by atoms with van der Waals surface area (Å²) in [6.45, 7) is 0. The van der Waals surface area contributed by atoms with Crippen LogP contribution in [0.5, 0.6) is 0 Å². The first kappa shape index (κ1) is 18.3. The van der Waals surface area contributed by atoms with Crippen LogP contribution in [0, 0.1) is 0 Å². The zero-order valence-corrected chi connectivity index (χ0v) is 15.2. The Morgan fingerprint density at radius 2 is 2.00 bits per heavy atom. The third-order valence-electron chi connectivity index (χ3n) is 4.40. The lowest BCUT2D eigenvalue weighted by Gasteiger charge is -2.15. The van der Waals surface area contributed by atoms with Crippen LogP contribution in [0.25, 0.3) is 0 Å².